The molecular weight excluding hydrogens is 144 g/mol. The lowest BCUT2D eigenvalue weighted by molar-refractivity contribution is -0.134. The normalized spacial score (nSPS) is 13.8. The first-order chi connectivity index (χ1) is 3.81. The summed E-state index contributed by atoms with van der Waals surface area (Å²) >= 11 is 0. The summed E-state index contributed by atoms with van der Waals surface area (Å²) in [4.78, 5) is 0. The van der Waals surface area contributed by atoms with E-state index >= 15 is 0 Å². The van der Waals surface area contributed by atoms with E-state index in [9.17, 15) is 13.5 Å². The summed E-state index contributed by atoms with van der Waals surface area (Å²) < 4.78 is 20.6. The van der Waals surface area contributed by atoms with Gasteiger partial charge in [-0.2, -0.15) is 5.11 Å². The van der Waals surface area contributed by atoms with Gasteiger partial charge in [-0.15, -0.1) is 0 Å². The SMILES string of the molecule is CC[C@]([O])(O)S(C)(=O)=O. The predicted molar refractivity (Wildman–Crippen MR) is 30.8 cm³/mol. The van der Waals surface area contributed by atoms with Gasteiger partial charge in [0.25, 0.3) is 0 Å². The molecular formula is C4H9O4S. The van der Waals surface area contributed by atoms with Gasteiger partial charge in [-0.25, -0.2) is 8.42 Å². The molecule has 0 aromatic heterocycles. The number of rotatable bonds is 2. The maximum Gasteiger partial charge on any atom is 0.300 e. The van der Waals surface area contributed by atoms with Crippen LogP contribution in [0.15, 0.2) is 0 Å². The Morgan fingerprint density at radius 3 is 1.89 bits per heavy atom. The van der Waals surface area contributed by atoms with E-state index in [-0.39, 0.29) is 6.42 Å². The molecule has 0 aromatic carbocycles. The Bertz CT molecular complexity index is 179. The Kier molecular flexibility index (Phi) is 2.21. The van der Waals surface area contributed by atoms with Crippen LogP contribution in [0.5, 0.6) is 0 Å². The molecule has 1 radical (unpaired) electrons. The molecule has 0 rings (SSSR count). The molecule has 0 amide bonds. The average Bonchev–Trinajstić information content (AvgIpc) is 1.64. The van der Waals surface area contributed by atoms with Gasteiger partial charge in [0.1, 0.15) is 0 Å². The van der Waals surface area contributed by atoms with E-state index in [1.807, 2.05) is 0 Å². The molecule has 5 heteroatoms. The molecule has 0 unspecified atom stereocenters. The van der Waals surface area contributed by atoms with Crippen LogP contribution in [0, 0.1) is 0 Å². The van der Waals surface area contributed by atoms with Crippen molar-refractivity contribution in [2.45, 2.75) is 18.5 Å². The number of hydrogen-bond donors (Lipinski definition) is 1. The molecule has 55 valence electrons. The smallest absolute Gasteiger partial charge is 0.300 e. The van der Waals surface area contributed by atoms with Gasteiger partial charge < -0.3 is 5.11 Å². The van der Waals surface area contributed by atoms with Crippen LogP contribution in [0.1, 0.15) is 13.3 Å². The first-order valence-electron chi connectivity index (χ1n) is 2.43. The number of hydrogen-bond acceptors (Lipinski definition) is 3. The Hall–Kier alpha value is -0.130. The summed E-state index contributed by atoms with van der Waals surface area (Å²) in [5.74, 6) is 0. The van der Waals surface area contributed by atoms with Crippen molar-refractivity contribution in [3.63, 3.8) is 0 Å². The summed E-state index contributed by atoms with van der Waals surface area (Å²) in [5.41, 5.74) is 0. The second-order valence-electron chi connectivity index (χ2n) is 1.84. The molecule has 0 aromatic rings. The van der Waals surface area contributed by atoms with Crippen molar-refractivity contribution in [3.05, 3.63) is 0 Å². The van der Waals surface area contributed by atoms with Gasteiger partial charge in [-0.05, 0) is 0 Å². The van der Waals surface area contributed by atoms with E-state index in [0.717, 1.165) is 0 Å². The lowest BCUT2D eigenvalue weighted by atomic mass is 10.5. The molecule has 0 spiro atoms. The minimum atomic E-state index is -3.85. The fourth-order valence-electron chi connectivity index (χ4n) is 0.262. The summed E-state index contributed by atoms with van der Waals surface area (Å²) in [6.45, 7) is 1.31. The van der Waals surface area contributed by atoms with Gasteiger partial charge in [0.05, 0.1) is 0 Å². The molecule has 0 fully saturated rings. The van der Waals surface area contributed by atoms with Crippen molar-refractivity contribution in [2.75, 3.05) is 6.26 Å². The van der Waals surface area contributed by atoms with Crippen LogP contribution in [0.2, 0.25) is 0 Å². The van der Waals surface area contributed by atoms with Crippen molar-refractivity contribution >= 4 is 9.84 Å². The van der Waals surface area contributed by atoms with Crippen molar-refractivity contribution in [3.8, 4) is 0 Å². The zero-order chi connectivity index (χ0) is 7.71. The molecule has 1 atom stereocenters. The second kappa shape index (κ2) is 2.24. The molecule has 1 N–H and O–H groups in total. The lowest BCUT2D eigenvalue weighted by Crippen LogP contribution is -2.34. The first-order valence-corrected chi connectivity index (χ1v) is 4.33. The Morgan fingerprint density at radius 1 is 1.56 bits per heavy atom. The van der Waals surface area contributed by atoms with Gasteiger partial charge in [-0.1, -0.05) is 6.92 Å². The van der Waals surface area contributed by atoms with Crippen LogP contribution in [-0.4, -0.2) is 24.9 Å². The molecule has 0 aliphatic rings. The molecule has 0 bridgehead atoms. The van der Waals surface area contributed by atoms with Crippen LogP contribution in [0.4, 0.5) is 0 Å². The highest BCUT2D eigenvalue weighted by Gasteiger charge is 2.35. The third-order valence-electron chi connectivity index (χ3n) is 1.03. The van der Waals surface area contributed by atoms with Crippen LogP contribution >= 0.6 is 0 Å². The third-order valence-corrected chi connectivity index (χ3v) is 2.47. The van der Waals surface area contributed by atoms with E-state index in [4.69, 9.17) is 5.11 Å². The summed E-state index contributed by atoms with van der Waals surface area (Å²) in [6.07, 6.45) is 0.384. The molecule has 0 saturated heterocycles. The van der Waals surface area contributed by atoms with Crippen LogP contribution < -0.4 is 0 Å². The molecule has 0 saturated carbocycles. The Labute approximate surface area is 54.0 Å². The van der Waals surface area contributed by atoms with E-state index in [2.05, 4.69) is 0 Å². The maximum absolute atomic E-state index is 10.5. The average molecular weight is 153 g/mol. The fourth-order valence-corrected chi connectivity index (χ4v) is 0.787. The quantitative estimate of drug-likeness (QED) is 0.544. The van der Waals surface area contributed by atoms with Crippen molar-refractivity contribution in [1.82, 2.24) is 0 Å². The zero-order valence-corrected chi connectivity index (χ0v) is 6.10. The van der Waals surface area contributed by atoms with E-state index in [1.165, 1.54) is 6.92 Å². The van der Waals surface area contributed by atoms with Crippen LogP contribution in [-0.2, 0) is 14.9 Å². The van der Waals surface area contributed by atoms with Gasteiger partial charge in [0.15, 0.2) is 0 Å². The molecule has 9 heavy (non-hydrogen) atoms. The van der Waals surface area contributed by atoms with E-state index in [1.54, 1.807) is 0 Å². The minimum absolute atomic E-state index is 0.328. The minimum Gasteiger partial charge on any atom is -0.352 e. The number of aliphatic hydroxyl groups is 1. The van der Waals surface area contributed by atoms with E-state index < -0.39 is 15.0 Å². The van der Waals surface area contributed by atoms with Crippen LogP contribution in [0.3, 0.4) is 0 Å². The van der Waals surface area contributed by atoms with E-state index in [0.29, 0.717) is 6.26 Å². The highest BCUT2D eigenvalue weighted by atomic mass is 32.2. The Morgan fingerprint density at radius 2 is 1.89 bits per heavy atom. The van der Waals surface area contributed by atoms with Gasteiger partial charge in [0, 0.05) is 12.7 Å². The van der Waals surface area contributed by atoms with Gasteiger partial charge in [-0.3, -0.25) is 0 Å². The highest BCUT2D eigenvalue weighted by Crippen LogP contribution is 2.12. The molecule has 0 aliphatic carbocycles. The summed E-state index contributed by atoms with van der Waals surface area (Å²) in [7, 11) is -3.85. The lowest BCUT2D eigenvalue weighted by Gasteiger charge is -2.12. The van der Waals surface area contributed by atoms with Crippen molar-refractivity contribution < 1.29 is 18.6 Å². The third kappa shape index (κ3) is 1.92. The molecule has 4 nitrogen and oxygen atoms in total. The van der Waals surface area contributed by atoms with Gasteiger partial charge >= 0.3 is 5.12 Å². The first kappa shape index (κ1) is 8.87. The number of sulfone groups is 1. The predicted octanol–water partition coefficient (Wildman–Crippen LogP) is -0.482. The Balaban J connectivity index is 4.56. The largest absolute Gasteiger partial charge is 0.352 e. The summed E-state index contributed by atoms with van der Waals surface area (Å²) in [5, 5.41) is 16.2. The maximum atomic E-state index is 10.5. The summed E-state index contributed by atoms with van der Waals surface area (Å²) in [6, 6.07) is 0. The van der Waals surface area contributed by atoms with Crippen molar-refractivity contribution in [1.29, 1.82) is 0 Å². The monoisotopic (exact) mass is 153 g/mol. The van der Waals surface area contributed by atoms with Crippen molar-refractivity contribution in [2.24, 2.45) is 0 Å². The van der Waals surface area contributed by atoms with Crippen LogP contribution in [0.25, 0.3) is 0 Å². The second-order valence-corrected chi connectivity index (χ2v) is 4.02. The topological polar surface area (TPSA) is 74.3 Å². The molecule has 0 heterocycles. The van der Waals surface area contributed by atoms with Gasteiger partial charge in [0.2, 0.25) is 9.84 Å². The zero-order valence-electron chi connectivity index (χ0n) is 5.29. The fraction of sp³-hybridized carbons (Fsp3) is 1.00. The molecule has 0 aliphatic heterocycles. The standard InChI is InChI=1S/C4H9O4S/c1-3-4(5,6)9(2,7)8/h5H,3H2,1-2H3/t4-/m1/s1. The highest BCUT2D eigenvalue weighted by molar-refractivity contribution is 7.91.